The van der Waals surface area contributed by atoms with Crippen LogP contribution in [0.3, 0.4) is 0 Å². The summed E-state index contributed by atoms with van der Waals surface area (Å²) in [4.78, 5) is 0. The van der Waals surface area contributed by atoms with Crippen LogP contribution in [0.5, 0.6) is 5.75 Å². The summed E-state index contributed by atoms with van der Waals surface area (Å²) < 4.78 is 19.6. The number of nitrogen functional groups attached to an aromatic ring is 1. The van der Waals surface area contributed by atoms with Crippen LogP contribution < -0.4 is 10.5 Å². The third-order valence-corrected chi connectivity index (χ3v) is 3.02. The van der Waals surface area contributed by atoms with Crippen molar-refractivity contribution in [3.63, 3.8) is 0 Å². The third kappa shape index (κ3) is 2.77. The summed E-state index contributed by atoms with van der Waals surface area (Å²) in [7, 11) is 0. The molecular weight excluding hydrogens is 285 g/mol. The quantitative estimate of drug-likeness (QED) is 0.875. The Hall–Kier alpha value is -1.55. The van der Waals surface area contributed by atoms with Crippen LogP contribution >= 0.6 is 15.9 Å². The smallest absolute Gasteiger partial charge is 0.189 e. The Morgan fingerprint density at radius 1 is 1.12 bits per heavy atom. The maximum atomic E-state index is 13.7. The summed E-state index contributed by atoms with van der Waals surface area (Å²) >= 11 is 3.16. The summed E-state index contributed by atoms with van der Waals surface area (Å²) in [5, 5.41) is 0. The SMILES string of the molecule is Nc1c(Br)ccc(OCc2ccccc2)c1F. The van der Waals surface area contributed by atoms with Gasteiger partial charge in [0.15, 0.2) is 11.6 Å². The Morgan fingerprint density at radius 3 is 2.53 bits per heavy atom. The summed E-state index contributed by atoms with van der Waals surface area (Å²) in [6.07, 6.45) is 0. The molecule has 2 rings (SSSR count). The lowest BCUT2D eigenvalue weighted by Gasteiger charge is -2.09. The summed E-state index contributed by atoms with van der Waals surface area (Å²) in [5.74, 6) is -0.371. The number of rotatable bonds is 3. The monoisotopic (exact) mass is 295 g/mol. The molecule has 17 heavy (non-hydrogen) atoms. The van der Waals surface area contributed by atoms with E-state index in [1.807, 2.05) is 30.3 Å². The van der Waals surface area contributed by atoms with Crippen molar-refractivity contribution in [1.29, 1.82) is 0 Å². The first-order valence-electron chi connectivity index (χ1n) is 5.08. The highest BCUT2D eigenvalue weighted by atomic mass is 79.9. The molecule has 2 aromatic rings. The van der Waals surface area contributed by atoms with E-state index in [4.69, 9.17) is 10.5 Å². The molecule has 0 spiro atoms. The number of halogens is 2. The van der Waals surface area contributed by atoms with E-state index in [-0.39, 0.29) is 11.4 Å². The van der Waals surface area contributed by atoms with Gasteiger partial charge < -0.3 is 10.5 Å². The first-order valence-corrected chi connectivity index (χ1v) is 5.88. The topological polar surface area (TPSA) is 35.2 Å². The molecule has 0 amide bonds. The molecule has 0 fully saturated rings. The van der Waals surface area contributed by atoms with E-state index in [1.165, 1.54) is 0 Å². The lowest BCUT2D eigenvalue weighted by molar-refractivity contribution is 0.291. The molecule has 0 unspecified atom stereocenters. The molecule has 0 aliphatic carbocycles. The highest BCUT2D eigenvalue weighted by Crippen LogP contribution is 2.29. The average Bonchev–Trinajstić information content (AvgIpc) is 2.36. The highest BCUT2D eigenvalue weighted by Gasteiger charge is 2.10. The fraction of sp³-hybridized carbons (Fsp3) is 0.0769. The van der Waals surface area contributed by atoms with Gasteiger partial charge in [-0.05, 0) is 33.6 Å². The van der Waals surface area contributed by atoms with E-state index in [0.717, 1.165) is 5.56 Å². The summed E-state index contributed by atoms with van der Waals surface area (Å²) in [6.45, 7) is 0.318. The molecule has 0 aliphatic rings. The molecule has 0 bridgehead atoms. The maximum Gasteiger partial charge on any atom is 0.189 e. The zero-order valence-corrected chi connectivity index (χ0v) is 10.6. The van der Waals surface area contributed by atoms with Gasteiger partial charge in [0.25, 0.3) is 0 Å². The van der Waals surface area contributed by atoms with E-state index in [1.54, 1.807) is 12.1 Å². The number of nitrogens with two attached hydrogens (primary N) is 1. The van der Waals surface area contributed by atoms with Crippen molar-refractivity contribution < 1.29 is 9.13 Å². The lowest BCUT2D eigenvalue weighted by atomic mass is 10.2. The molecule has 0 aliphatic heterocycles. The second kappa shape index (κ2) is 5.19. The largest absolute Gasteiger partial charge is 0.486 e. The van der Waals surface area contributed by atoms with E-state index >= 15 is 0 Å². The van der Waals surface area contributed by atoms with Gasteiger partial charge >= 0.3 is 0 Å². The number of hydrogen-bond donors (Lipinski definition) is 1. The molecule has 0 radical (unpaired) electrons. The fourth-order valence-electron chi connectivity index (χ4n) is 1.40. The number of hydrogen-bond acceptors (Lipinski definition) is 2. The van der Waals surface area contributed by atoms with E-state index < -0.39 is 5.82 Å². The number of ether oxygens (including phenoxy) is 1. The fourth-order valence-corrected chi connectivity index (χ4v) is 1.70. The molecule has 2 N–H and O–H groups in total. The minimum atomic E-state index is -0.532. The highest BCUT2D eigenvalue weighted by molar-refractivity contribution is 9.10. The normalized spacial score (nSPS) is 10.2. The summed E-state index contributed by atoms with van der Waals surface area (Å²) in [5.41, 5.74) is 6.60. The van der Waals surface area contributed by atoms with Crippen LogP contribution in [-0.2, 0) is 6.61 Å². The Bertz CT molecular complexity index is 516. The molecule has 2 nitrogen and oxygen atoms in total. The predicted octanol–water partition coefficient (Wildman–Crippen LogP) is 3.75. The van der Waals surface area contributed by atoms with Crippen molar-refractivity contribution in [2.24, 2.45) is 0 Å². The average molecular weight is 296 g/mol. The molecule has 0 heterocycles. The van der Waals surface area contributed by atoms with Crippen molar-refractivity contribution >= 4 is 21.6 Å². The van der Waals surface area contributed by atoms with Gasteiger partial charge in [0, 0.05) is 4.47 Å². The molecule has 0 aromatic heterocycles. The molecule has 2 aromatic carbocycles. The van der Waals surface area contributed by atoms with Crippen molar-refractivity contribution in [1.82, 2.24) is 0 Å². The second-order valence-corrected chi connectivity index (χ2v) is 4.40. The number of benzene rings is 2. The molecular formula is C13H11BrFNO. The predicted molar refractivity (Wildman–Crippen MR) is 69.3 cm³/mol. The second-order valence-electron chi connectivity index (χ2n) is 3.55. The van der Waals surface area contributed by atoms with Gasteiger partial charge in [0.2, 0.25) is 0 Å². The molecule has 4 heteroatoms. The van der Waals surface area contributed by atoms with Crippen molar-refractivity contribution in [2.45, 2.75) is 6.61 Å². The van der Waals surface area contributed by atoms with E-state index in [2.05, 4.69) is 15.9 Å². The van der Waals surface area contributed by atoms with Crippen molar-refractivity contribution in [3.05, 3.63) is 58.3 Å². The standard InChI is InChI=1S/C13H11BrFNO/c14-10-6-7-11(12(15)13(10)16)17-8-9-4-2-1-3-5-9/h1-7H,8,16H2. The Morgan fingerprint density at radius 2 is 1.82 bits per heavy atom. The van der Waals surface area contributed by atoms with Crippen LogP contribution in [0, 0.1) is 5.82 Å². The van der Waals surface area contributed by atoms with Gasteiger partial charge in [-0.15, -0.1) is 0 Å². The Labute approximate surface area is 107 Å². The minimum Gasteiger partial charge on any atom is -0.486 e. The van der Waals surface area contributed by atoms with E-state index in [9.17, 15) is 4.39 Å². The van der Waals surface area contributed by atoms with Crippen molar-refractivity contribution in [3.8, 4) is 5.75 Å². The van der Waals surface area contributed by atoms with E-state index in [0.29, 0.717) is 11.1 Å². The molecule has 0 saturated carbocycles. The number of anilines is 1. The van der Waals surface area contributed by atoms with Gasteiger partial charge in [0.05, 0.1) is 5.69 Å². The molecule has 88 valence electrons. The van der Waals surface area contributed by atoms with Gasteiger partial charge in [-0.3, -0.25) is 0 Å². The Kier molecular flexibility index (Phi) is 3.64. The lowest BCUT2D eigenvalue weighted by Crippen LogP contribution is -2.00. The van der Waals surface area contributed by atoms with Crippen LogP contribution in [0.2, 0.25) is 0 Å². The minimum absolute atomic E-state index is 0.0653. The Balaban J connectivity index is 2.13. The van der Waals surface area contributed by atoms with Crippen LogP contribution in [0.15, 0.2) is 46.9 Å². The maximum absolute atomic E-state index is 13.7. The van der Waals surface area contributed by atoms with Gasteiger partial charge in [-0.2, -0.15) is 0 Å². The van der Waals surface area contributed by atoms with Crippen molar-refractivity contribution in [2.75, 3.05) is 5.73 Å². The van der Waals surface area contributed by atoms with Crippen LogP contribution in [-0.4, -0.2) is 0 Å². The zero-order valence-electron chi connectivity index (χ0n) is 8.99. The third-order valence-electron chi connectivity index (χ3n) is 2.33. The van der Waals surface area contributed by atoms with Crippen LogP contribution in [0.1, 0.15) is 5.56 Å². The first-order chi connectivity index (χ1) is 8.18. The van der Waals surface area contributed by atoms with Crippen LogP contribution in [0.4, 0.5) is 10.1 Å². The van der Waals surface area contributed by atoms with Crippen LogP contribution in [0.25, 0.3) is 0 Å². The molecule has 0 saturated heterocycles. The zero-order chi connectivity index (χ0) is 12.3. The first kappa shape index (κ1) is 11.9. The van der Waals surface area contributed by atoms with Gasteiger partial charge in [0.1, 0.15) is 6.61 Å². The summed E-state index contributed by atoms with van der Waals surface area (Å²) in [6, 6.07) is 12.8. The van der Waals surface area contributed by atoms with Gasteiger partial charge in [-0.25, -0.2) is 4.39 Å². The van der Waals surface area contributed by atoms with Gasteiger partial charge in [-0.1, -0.05) is 30.3 Å². The molecule has 0 atom stereocenters.